The normalized spacial score (nSPS) is 34.0. The van der Waals surface area contributed by atoms with Crippen LogP contribution in [0.15, 0.2) is 0 Å². The van der Waals surface area contributed by atoms with Crippen LogP contribution in [0.25, 0.3) is 0 Å². The van der Waals surface area contributed by atoms with Crippen molar-refractivity contribution in [1.29, 1.82) is 0 Å². The molecule has 4 aliphatic rings. The third-order valence-corrected chi connectivity index (χ3v) is 5.51. The summed E-state index contributed by atoms with van der Waals surface area (Å²) in [6, 6.07) is 0. The molecule has 0 saturated heterocycles. The topological polar surface area (TPSA) is 84.5 Å². The first-order valence-corrected chi connectivity index (χ1v) is 8.65. The van der Waals surface area contributed by atoms with E-state index in [9.17, 15) is 14.4 Å². The van der Waals surface area contributed by atoms with Crippen molar-refractivity contribution in [2.45, 2.75) is 57.4 Å². The largest absolute Gasteiger partial charge is 0.456 e. The van der Waals surface area contributed by atoms with Gasteiger partial charge in [0, 0.05) is 19.0 Å². The summed E-state index contributed by atoms with van der Waals surface area (Å²) in [6.07, 6.45) is 7.32. The number of nitrogens with one attached hydrogen (secondary N) is 2. The van der Waals surface area contributed by atoms with Gasteiger partial charge in [0.1, 0.15) is 0 Å². The monoisotopic (exact) mass is 322 g/mol. The molecule has 4 aliphatic carbocycles. The average molecular weight is 322 g/mol. The van der Waals surface area contributed by atoms with Crippen molar-refractivity contribution >= 4 is 17.8 Å². The molecule has 0 radical (unpaired) electrons. The Hall–Kier alpha value is -1.59. The third kappa shape index (κ3) is 4.03. The standard InChI is InChI=1S/C17H26N2O4/c1-11(20)18-3-2-16(22)23-10-15(21)19-17-7-12-4-13(8-17)6-14(5-12)9-17/h12-14H,2-10H2,1H3,(H,18,20)(H,19,21). The number of carbonyl (C=O) groups excluding carboxylic acids is 3. The van der Waals surface area contributed by atoms with Gasteiger partial charge in [-0.05, 0) is 56.3 Å². The molecular weight excluding hydrogens is 296 g/mol. The van der Waals surface area contributed by atoms with Crippen LogP contribution in [0.5, 0.6) is 0 Å². The van der Waals surface area contributed by atoms with Crippen LogP contribution in [0.3, 0.4) is 0 Å². The van der Waals surface area contributed by atoms with Crippen LogP contribution >= 0.6 is 0 Å². The summed E-state index contributed by atoms with van der Waals surface area (Å²) in [4.78, 5) is 34.4. The van der Waals surface area contributed by atoms with Gasteiger partial charge in [-0.1, -0.05) is 0 Å². The lowest BCUT2D eigenvalue weighted by molar-refractivity contribution is -0.150. The number of hydrogen-bond donors (Lipinski definition) is 2. The second-order valence-electron chi connectivity index (χ2n) is 7.64. The number of ether oxygens (including phenoxy) is 1. The molecule has 2 amide bonds. The van der Waals surface area contributed by atoms with Crippen LogP contribution in [-0.4, -0.2) is 36.5 Å². The maximum Gasteiger partial charge on any atom is 0.308 e. The summed E-state index contributed by atoms with van der Waals surface area (Å²) in [6.45, 7) is 1.41. The predicted molar refractivity (Wildman–Crippen MR) is 83.3 cm³/mol. The van der Waals surface area contributed by atoms with Crippen LogP contribution in [0, 0.1) is 17.8 Å². The van der Waals surface area contributed by atoms with Gasteiger partial charge in [0.05, 0.1) is 6.42 Å². The van der Waals surface area contributed by atoms with Gasteiger partial charge in [-0.3, -0.25) is 14.4 Å². The van der Waals surface area contributed by atoms with Crippen molar-refractivity contribution in [3.63, 3.8) is 0 Å². The zero-order valence-corrected chi connectivity index (χ0v) is 13.7. The predicted octanol–water partition coefficient (Wildman–Crippen LogP) is 1.14. The molecule has 0 unspecified atom stereocenters. The summed E-state index contributed by atoms with van der Waals surface area (Å²) in [5, 5.41) is 5.70. The molecule has 4 fully saturated rings. The highest BCUT2D eigenvalue weighted by atomic mass is 16.5. The molecule has 6 nitrogen and oxygen atoms in total. The van der Waals surface area contributed by atoms with Crippen LogP contribution in [0.1, 0.15) is 51.9 Å². The van der Waals surface area contributed by atoms with E-state index in [1.807, 2.05) is 0 Å². The van der Waals surface area contributed by atoms with E-state index >= 15 is 0 Å². The summed E-state index contributed by atoms with van der Waals surface area (Å²) in [5.74, 6) is 1.46. The van der Waals surface area contributed by atoms with Gasteiger partial charge in [0.15, 0.2) is 6.61 Å². The molecule has 0 heterocycles. The summed E-state index contributed by atoms with van der Waals surface area (Å²) < 4.78 is 5.00. The van der Waals surface area contributed by atoms with Crippen molar-refractivity contribution < 1.29 is 19.1 Å². The molecule has 4 bridgehead atoms. The minimum Gasteiger partial charge on any atom is -0.456 e. The van der Waals surface area contributed by atoms with E-state index in [1.54, 1.807) is 0 Å². The molecule has 0 aromatic rings. The van der Waals surface area contributed by atoms with E-state index < -0.39 is 5.97 Å². The molecule has 23 heavy (non-hydrogen) atoms. The lowest BCUT2D eigenvalue weighted by Crippen LogP contribution is -2.60. The Morgan fingerprint density at radius 3 is 2.13 bits per heavy atom. The summed E-state index contributed by atoms with van der Waals surface area (Å²) in [5.41, 5.74) is -0.0472. The van der Waals surface area contributed by atoms with E-state index in [1.165, 1.54) is 26.2 Å². The van der Waals surface area contributed by atoms with Gasteiger partial charge in [-0.15, -0.1) is 0 Å². The Labute approximate surface area is 136 Å². The number of rotatable bonds is 6. The quantitative estimate of drug-likeness (QED) is 0.718. The minimum atomic E-state index is -0.459. The molecule has 0 aromatic heterocycles. The van der Waals surface area contributed by atoms with Crippen molar-refractivity contribution in [2.75, 3.05) is 13.2 Å². The fourth-order valence-electron chi connectivity index (χ4n) is 5.15. The van der Waals surface area contributed by atoms with Gasteiger partial charge in [0.25, 0.3) is 5.91 Å². The molecule has 6 heteroatoms. The number of carbonyl (C=O) groups is 3. The third-order valence-electron chi connectivity index (χ3n) is 5.51. The highest BCUT2D eigenvalue weighted by Gasteiger charge is 2.51. The van der Waals surface area contributed by atoms with E-state index in [2.05, 4.69) is 10.6 Å². The molecule has 128 valence electrons. The molecule has 4 rings (SSSR count). The molecule has 0 aliphatic heterocycles. The molecule has 2 N–H and O–H groups in total. The lowest BCUT2D eigenvalue weighted by atomic mass is 9.53. The van der Waals surface area contributed by atoms with E-state index in [0.717, 1.165) is 37.0 Å². The van der Waals surface area contributed by atoms with E-state index in [-0.39, 0.29) is 36.9 Å². The minimum absolute atomic E-state index is 0.0472. The summed E-state index contributed by atoms with van der Waals surface area (Å²) in [7, 11) is 0. The SMILES string of the molecule is CC(=O)NCCC(=O)OCC(=O)NC12CC3CC(CC(C3)C1)C2. The number of amides is 2. The second kappa shape index (κ2) is 6.49. The van der Waals surface area contributed by atoms with Gasteiger partial charge >= 0.3 is 5.97 Å². The van der Waals surface area contributed by atoms with Crippen LogP contribution < -0.4 is 10.6 Å². The average Bonchev–Trinajstić information content (AvgIpc) is 2.42. The number of esters is 1. The van der Waals surface area contributed by atoms with Gasteiger partial charge in [0.2, 0.25) is 5.91 Å². The Morgan fingerprint density at radius 1 is 1.04 bits per heavy atom. The highest BCUT2D eigenvalue weighted by Crippen LogP contribution is 2.55. The van der Waals surface area contributed by atoms with Gasteiger partial charge in [-0.2, -0.15) is 0 Å². The van der Waals surface area contributed by atoms with Gasteiger partial charge < -0.3 is 15.4 Å². The first-order valence-electron chi connectivity index (χ1n) is 8.65. The fourth-order valence-corrected chi connectivity index (χ4v) is 5.15. The molecule has 0 aromatic carbocycles. The van der Waals surface area contributed by atoms with E-state index in [0.29, 0.717) is 0 Å². The highest BCUT2D eigenvalue weighted by molar-refractivity contribution is 5.81. The van der Waals surface area contributed by atoms with Crippen LogP contribution in [0.2, 0.25) is 0 Å². The maximum atomic E-state index is 12.2. The second-order valence-corrected chi connectivity index (χ2v) is 7.64. The van der Waals surface area contributed by atoms with Crippen molar-refractivity contribution in [3.8, 4) is 0 Å². The Kier molecular flexibility index (Phi) is 4.60. The Morgan fingerprint density at radius 2 is 1.61 bits per heavy atom. The molecule has 0 spiro atoms. The van der Waals surface area contributed by atoms with E-state index in [4.69, 9.17) is 4.74 Å². The van der Waals surface area contributed by atoms with Crippen LogP contribution in [-0.2, 0) is 19.1 Å². The lowest BCUT2D eigenvalue weighted by Gasteiger charge is -2.56. The van der Waals surface area contributed by atoms with Gasteiger partial charge in [-0.25, -0.2) is 0 Å². The van der Waals surface area contributed by atoms with Crippen molar-refractivity contribution in [2.24, 2.45) is 17.8 Å². The zero-order valence-electron chi connectivity index (χ0n) is 13.7. The number of hydrogen-bond acceptors (Lipinski definition) is 4. The van der Waals surface area contributed by atoms with Crippen LogP contribution in [0.4, 0.5) is 0 Å². The summed E-state index contributed by atoms with van der Waals surface area (Å²) >= 11 is 0. The van der Waals surface area contributed by atoms with Crippen molar-refractivity contribution in [3.05, 3.63) is 0 Å². The van der Waals surface area contributed by atoms with Crippen molar-refractivity contribution in [1.82, 2.24) is 10.6 Å². The first kappa shape index (κ1) is 16.3. The molecular formula is C17H26N2O4. The Bertz CT molecular complexity index is 468. The fraction of sp³-hybridized carbons (Fsp3) is 0.824. The molecule has 4 saturated carbocycles. The first-order chi connectivity index (χ1) is 10.9. The Balaban J connectivity index is 1.41. The zero-order chi connectivity index (χ0) is 16.4. The molecule has 0 atom stereocenters. The maximum absolute atomic E-state index is 12.2. The smallest absolute Gasteiger partial charge is 0.308 e.